The normalized spacial score (nSPS) is 15.6. The molecule has 204 valence electrons. The first-order valence-electron chi connectivity index (χ1n) is 12.9. The van der Waals surface area contributed by atoms with Crippen LogP contribution in [0.1, 0.15) is 49.2 Å². The van der Waals surface area contributed by atoms with Gasteiger partial charge in [0.1, 0.15) is 5.69 Å². The first-order valence-corrected chi connectivity index (χ1v) is 13.2. The fourth-order valence-electron chi connectivity index (χ4n) is 5.00. The van der Waals surface area contributed by atoms with Crippen LogP contribution in [0.4, 0.5) is 10.2 Å². The monoisotopic (exact) mass is 536 g/mol. The summed E-state index contributed by atoms with van der Waals surface area (Å²) in [6.07, 6.45) is 4.42. The first kappa shape index (κ1) is 29.0. The molecule has 37 heavy (non-hydrogen) atoms. The molecule has 1 unspecified atom stereocenters. The molecule has 1 aliphatic heterocycles. The van der Waals surface area contributed by atoms with E-state index in [1.165, 1.54) is 18.3 Å². The van der Waals surface area contributed by atoms with Gasteiger partial charge in [0.25, 0.3) is 5.91 Å². The van der Waals surface area contributed by atoms with Crippen LogP contribution < -0.4 is 10.2 Å². The molecule has 0 radical (unpaired) electrons. The number of aliphatic hydroxyl groups excluding tert-OH is 1. The number of likely N-dealkylation sites (N-methyl/N-ethyl adjacent to an activating group) is 2. The van der Waals surface area contributed by atoms with Gasteiger partial charge in [-0.2, -0.15) is 0 Å². The molecule has 2 heterocycles. The Balaban J connectivity index is 1.58. The Hall–Kier alpha value is -2.53. The van der Waals surface area contributed by atoms with Crippen molar-refractivity contribution >= 4 is 23.3 Å². The summed E-state index contributed by atoms with van der Waals surface area (Å²) in [5.41, 5.74) is 1.02. The van der Waals surface area contributed by atoms with Crippen LogP contribution in [0.3, 0.4) is 0 Å². The standard InChI is InChI=1S/C26H38ClFN6O3/c1-4-19(17-32(3)25-24(27)31-22(15-30-25)26(37)29-10-13-35)34(5-2)20-8-11-33(12-9-20)16-18-6-7-21(28)23(36)14-18/h6-7,14-15,19-20,35-36H,4-5,8-13,16-17H2,1-3H3,(H,29,37). The van der Waals surface area contributed by atoms with E-state index in [9.17, 15) is 14.3 Å². The van der Waals surface area contributed by atoms with Crippen molar-refractivity contribution in [1.29, 1.82) is 0 Å². The second-order valence-electron chi connectivity index (χ2n) is 9.42. The van der Waals surface area contributed by atoms with Crippen LogP contribution in [-0.4, -0.2) is 94.4 Å². The quantitative estimate of drug-likeness (QED) is 0.380. The third kappa shape index (κ3) is 7.73. The zero-order chi connectivity index (χ0) is 26.9. The van der Waals surface area contributed by atoms with Gasteiger partial charge in [0.05, 0.1) is 12.8 Å². The molecule has 1 aromatic heterocycles. The number of nitrogens with zero attached hydrogens (tertiary/aromatic N) is 5. The molecule has 3 rings (SSSR count). The Labute approximate surface area is 223 Å². The molecular formula is C26H38ClFN6O3. The minimum Gasteiger partial charge on any atom is -0.505 e. The van der Waals surface area contributed by atoms with Gasteiger partial charge in [0, 0.05) is 38.8 Å². The number of benzene rings is 1. The van der Waals surface area contributed by atoms with E-state index in [0.29, 0.717) is 24.9 Å². The van der Waals surface area contributed by atoms with Crippen molar-refractivity contribution in [1.82, 2.24) is 25.1 Å². The second kappa shape index (κ2) is 13.9. The van der Waals surface area contributed by atoms with Crippen molar-refractivity contribution < 1.29 is 19.4 Å². The maximum Gasteiger partial charge on any atom is 0.271 e. The Kier molecular flexibility index (Phi) is 10.9. The number of carbonyl (C=O) groups excluding carboxylic acids is 1. The highest BCUT2D eigenvalue weighted by Crippen LogP contribution is 2.25. The van der Waals surface area contributed by atoms with E-state index in [-0.39, 0.29) is 35.8 Å². The van der Waals surface area contributed by atoms with E-state index < -0.39 is 11.7 Å². The Morgan fingerprint density at radius 1 is 1.32 bits per heavy atom. The SMILES string of the molecule is CCC(CN(C)c1ncc(C(=O)NCCO)nc1Cl)N(CC)C1CCN(Cc2ccc(F)c(O)c2)CC1. The number of carbonyl (C=O) groups is 1. The van der Waals surface area contributed by atoms with E-state index in [1.54, 1.807) is 6.07 Å². The number of amides is 1. The predicted molar refractivity (Wildman–Crippen MR) is 143 cm³/mol. The number of aliphatic hydroxyl groups is 1. The fourth-order valence-corrected chi connectivity index (χ4v) is 5.28. The van der Waals surface area contributed by atoms with Crippen molar-refractivity contribution in [3.05, 3.63) is 46.6 Å². The van der Waals surface area contributed by atoms with Crippen LogP contribution >= 0.6 is 11.6 Å². The van der Waals surface area contributed by atoms with Crippen LogP contribution in [0.15, 0.2) is 24.4 Å². The van der Waals surface area contributed by atoms with Gasteiger partial charge in [-0.15, -0.1) is 0 Å². The maximum absolute atomic E-state index is 13.4. The highest BCUT2D eigenvalue weighted by atomic mass is 35.5. The number of likely N-dealkylation sites (tertiary alicyclic amines) is 1. The van der Waals surface area contributed by atoms with E-state index in [0.717, 1.165) is 44.5 Å². The predicted octanol–water partition coefficient (Wildman–Crippen LogP) is 2.90. The lowest BCUT2D eigenvalue weighted by atomic mass is 9.99. The lowest BCUT2D eigenvalue weighted by Gasteiger charge is -2.43. The number of phenolic OH excluding ortho intramolecular Hbond substituents is 1. The number of phenols is 1. The summed E-state index contributed by atoms with van der Waals surface area (Å²) in [5.74, 6) is -0.803. The second-order valence-corrected chi connectivity index (χ2v) is 9.77. The number of rotatable bonds is 12. The summed E-state index contributed by atoms with van der Waals surface area (Å²) in [5, 5.41) is 21.2. The Morgan fingerprint density at radius 2 is 2.05 bits per heavy atom. The summed E-state index contributed by atoms with van der Waals surface area (Å²) in [7, 11) is 1.93. The largest absolute Gasteiger partial charge is 0.505 e. The number of aromatic hydroxyl groups is 1. The van der Waals surface area contributed by atoms with Crippen molar-refractivity contribution in [2.45, 2.75) is 51.7 Å². The number of hydrogen-bond donors (Lipinski definition) is 3. The topological polar surface area (TPSA) is 105 Å². The summed E-state index contributed by atoms with van der Waals surface area (Å²) in [6, 6.07) is 5.27. The molecule has 2 aromatic rings. The molecule has 1 atom stereocenters. The van der Waals surface area contributed by atoms with Crippen LogP contribution in [0.25, 0.3) is 0 Å². The molecule has 0 aliphatic carbocycles. The van der Waals surface area contributed by atoms with Crippen molar-refractivity contribution in [3.63, 3.8) is 0 Å². The molecule has 3 N–H and O–H groups in total. The molecular weight excluding hydrogens is 499 g/mol. The third-order valence-electron chi connectivity index (χ3n) is 6.94. The molecule has 11 heteroatoms. The zero-order valence-corrected chi connectivity index (χ0v) is 22.6. The summed E-state index contributed by atoms with van der Waals surface area (Å²) in [6.45, 7) is 8.54. The van der Waals surface area contributed by atoms with Gasteiger partial charge < -0.3 is 20.4 Å². The van der Waals surface area contributed by atoms with Crippen molar-refractivity contribution in [2.24, 2.45) is 0 Å². The third-order valence-corrected chi connectivity index (χ3v) is 7.19. The maximum atomic E-state index is 13.4. The van der Waals surface area contributed by atoms with Gasteiger partial charge in [-0.25, -0.2) is 14.4 Å². The number of nitrogens with one attached hydrogen (secondary N) is 1. The van der Waals surface area contributed by atoms with E-state index in [2.05, 4.69) is 38.9 Å². The number of halogens is 2. The minimum absolute atomic E-state index is 0.112. The fraction of sp³-hybridized carbons (Fsp3) is 0.577. The van der Waals surface area contributed by atoms with E-state index in [1.807, 2.05) is 11.9 Å². The molecule has 1 amide bonds. The molecule has 1 saturated heterocycles. The summed E-state index contributed by atoms with van der Waals surface area (Å²) >= 11 is 6.39. The van der Waals surface area contributed by atoms with Gasteiger partial charge in [-0.3, -0.25) is 14.6 Å². The lowest BCUT2D eigenvalue weighted by Crippen LogP contribution is -2.51. The van der Waals surface area contributed by atoms with Gasteiger partial charge >= 0.3 is 0 Å². The minimum atomic E-state index is -0.594. The molecule has 1 aliphatic rings. The zero-order valence-electron chi connectivity index (χ0n) is 21.8. The van der Waals surface area contributed by atoms with Gasteiger partial charge in [0.2, 0.25) is 0 Å². The van der Waals surface area contributed by atoms with Crippen LogP contribution in [0.5, 0.6) is 5.75 Å². The van der Waals surface area contributed by atoms with E-state index >= 15 is 0 Å². The molecule has 0 spiro atoms. The Morgan fingerprint density at radius 3 is 2.65 bits per heavy atom. The molecule has 0 bridgehead atoms. The molecule has 1 fully saturated rings. The number of aromatic nitrogens is 2. The van der Waals surface area contributed by atoms with Crippen molar-refractivity contribution in [2.75, 3.05) is 51.3 Å². The van der Waals surface area contributed by atoms with E-state index in [4.69, 9.17) is 16.7 Å². The van der Waals surface area contributed by atoms with Crippen LogP contribution in [-0.2, 0) is 6.54 Å². The number of hydrogen-bond acceptors (Lipinski definition) is 8. The highest BCUT2D eigenvalue weighted by molar-refractivity contribution is 6.31. The number of anilines is 1. The highest BCUT2D eigenvalue weighted by Gasteiger charge is 2.29. The molecule has 9 nitrogen and oxygen atoms in total. The molecule has 1 aromatic carbocycles. The number of piperidine rings is 1. The molecule has 0 saturated carbocycles. The average Bonchev–Trinajstić information content (AvgIpc) is 2.89. The summed E-state index contributed by atoms with van der Waals surface area (Å²) in [4.78, 5) is 27.6. The van der Waals surface area contributed by atoms with Crippen LogP contribution in [0, 0.1) is 5.82 Å². The van der Waals surface area contributed by atoms with Crippen LogP contribution in [0.2, 0.25) is 5.15 Å². The first-order chi connectivity index (χ1) is 17.8. The lowest BCUT2D eigenvalue weighted by molar-refractivity contribution is 0.0754. The van der Waals surface area contributed by atoms with Gasteiger partial charge in [-0.1, -0.05) is 31.5 Å². The average molecular weight is 537 g/mol. The summed E-state index contributed by atoms with van der Waals surface area (Å²) < 4.78 is 13.4. The van der Waals surface area contributed by atoms with Crippen molar-refractivity contribution in [3.8, 4) is 5.75 Å². The van der Waals surface area contributed by atoms with Gasteiger partial charge in [0.15, 0.2) is 22.5 Å². The smallest absolute Gasteiger partial charge is 0.271 e. The van der Waals surface area contributed by atoms with Gasteiger partial charge in [-0.05, 0) is 56.6 Å². The Bertz CT molecular complexity index is 1040.